The van der Waals surface area contributed by atoms with Gasteiger partial charge in [0.05, 0.1) is 0 Å². The van der Waals surface area contributed by atoms with Gasteiger partial charge in [0, 0.05) is 45.5 Å². The zero-order valence-electron chi connectivity index (χ0n) is 1.75. The third kappa shape index (κ3) is 8.96. The minimum absolute atomic E-state index is 0. The molecule has 0 aromatic rings. The fraction of sp³-hybridized carbons (Fsp3) is 0. The Morgan fingerprint density at radius 1 is 1.25 bits per heavy atom. The quantitative estimate of drug-likeness (QED) is 0.570. The Hall–Kier alpha value is 2.05. The van der Waals surface area contributed by atoms with Gasteiger partial charge in [0.2, 0.25) is 0 Å². The van der Waals surface area contributed by atoms with Gasteiger partial charge in [0.25, 0.3) is 0 Å². The molecule has 0 amide bonds. The number of rotatable bonds is 0. The van der Waals surface area contributed by atoms with Crippen LogP contribution in [0.4, 0.5) is 0 Å². The summed E-state index contributed by atoms with van der Waals surface area (Å²) in [5, 5.41) is 0. The zero-order chi connectivity index (χ0) is 2.00. The van der Waals surface area contributed by atoms with E-state index in [0.29, 0.717) is 0 Å². The normalized spacial score (nSPS) is 1.25. The van der Waals surface area contributed by atoms with Crippen molar-refractivity contribution < 1.29 is 42.9 Å². The summed E-state index contributed by atoms with van der Waals surface area (Å²) in [6.07, 6.45) is 0. The second kappa shape index (κ2) is 19.7. The topological polar surface area (TPSA) is 20.2 Å². The van der Waals surface area contributed by atoms with Crippen LogP contribution in [0.5, 0.6) is 0 Å². The minimum Gasteiger partial charge on any atom is 0 e. The minimum atomic E-state index is 0. The summed E-state index contributed by atoms with van der Waals surface area (Å²) < 4.78 is 6.94. The molecule has 1 nitrogen and oxygen atoms in total. The Morgan fingerprint density at radius 3 is 1.25 bits per heavy atom. The first-order valence-electron chi connectivity index (χ1n) is 0.200. The summed E-state index contributed by atoms with van der Waals surface area (Å²) in [5.41, 5.74) is 0. The third-order valence-corrected chi connectivity index (χ3v) is 0. The molecule has 23 valence electrons. The van der Waals surface area contributed by atoms with Crippen LogP contribution < -0.4 is 0 Å². The molecular formula is HMoOSbV. The Balaban J connectivity index is -0.00000000500. The van der Waals surface area contributed by atoms with E-state index in [1.54, 1.807) is 0 Å². The SMILES string of the molecule is [Mo].[OH][V].[Sb]. The summed E-state index contributed by atoms with van der Waals surface area (Å²) in [7, 11) is 0. The molecule has 0 heterocycles. The van der Waals surface area contributed by atoms with Crippen molar-refractivity contribution in [3.63, 3.8) is 0 Å². The summed E-state index contributed by atoms with van der Waals surface area (Å²) in [5.74, 6) is 0. The summed E-state index contributed by atoms with van der Waals surface area (Å²) in [6.45, 7) is 0. The maximum Gasteiger partial charge on any atom is 0 e. The number of hydrogen-bond acceptors (Lipinski definition) is 1. The fourth-order valence-electron chi connectivity index (χ4n) is 0. The van der Waals surface area contributed by atoms with Crippen LogP contribution in [0.2, 0.25) is 0 Å². The Morgan fingerprint density at radius 2 is 1.25 bits per heavy atom. The monoisotopic (exact) mass is 287 g/mol. The van der Waals surface area contributed by atoms with E-state index in [2.05, 4.69) is 0 Å². The van der Waals surface area contributed by atoms with E-state index in [1.165, 1.54) is 17.8 Å². The van der Waals surface area contributed by atoms with Gasteiger partial charge >= 0.3 is 21.8 Å². The second-order valence-corrected chi connectivity index (χ2v) is 0. The predicted octanol–water partition coefficient (Wildman–Crippen LogP) is -0.943. The molecule has 0 spiro atoms. The molecule has 0 fully saturated rings. The Labute approximate surface area is 66.6 Å². The van der Waals surface area contributed by atoms with E-state index in [1.807, 2.05) is 0 Å². The van der Waals surface area contributed by atoms with E-state index in [0.717, 1.165) is 0 Å². The van der Waals surface area contributed by atoms with Crippen LogP contribution in [0.15, 0.2) is 0 Å². The molecule has 0 saturated heterocycles. The predicted molar refractivity (Wildman–Crippen MR) is 7.97 cm³/mol. The fourth-order valence-corrected chi connectivity index (χ4v) is 0. The first-order valence-corrected chi connectivity index (χ1v) is 0.825. The van der Waals surface area contributed by atoms with Crippen LogP contribution in [0.3, 0.4) is 0 Å². The van der Waals surface area contributed by atoms with Crippen molar-refractivity contribution in [2.24, 2.45) is 0 Å². The second-order valence-electron chi connectivity index (χ2n) is 0. The Kier molecular flexibility index (Phi) is 81.7. The first kappa shape index (κ1) is 16.6. The average Bonchev–Trinajstić information content (AvgIpc) is 1.00. The Bertz CT molecular complexity index is 8.00. The van der Waals surface area contributed by atoms with Crippen molar-refractivity contribution in [2.45, 2.75) is 0 Å². The molecule has 0 rings (SSSR count). The molecule has 3 radical (unpaired) electrons. The molecule has 4 heteroatoms. The van der Waals surface area contributed by atoms with E-state index in [-0.39, 0.29) is 45.5 Å². The van der Waals surface area contributed by atoms with E-state index in [4.69, 9.17) is 4.03 Å². The maximum absolute atomic E-state index is 6.94. The van der Waals surface area contributed by atoms with Crippen molar-refractivity contribution >= 4 is 24.4 Å². The van der Waals surface area contributed by atoms with E-state index < -0.39 is 0 Å². The molecule has 4 heavy (non-hydrogen) atoms. The van der Waals surface area contributed by atoms with Gasteiger partial charge in [-0.3, -0.25) is 0 Å². The largest absolute Gasteiger partial charge is 0 e. The zero-order valence-corrected chi connectivity index (χ0v) is 7.71. The molecule has 0 unspecified atom stereocenters. The van der Waals surface area contributed by atoms with Gasteiger partial charge in [-0.2, -0.15) is 0 Å². The van der Waals surface area contributed by atoms with E-state index >= 15 is 0 Å². The molecule has 0 bridgehead atoms. The molecule has 0 aliphatic carbocycles. The summed E-state index contributed by atoms with van der Waals surface area (Å²) in [6, 6.07) is 0. The van der Waals surface area contributed by atoms with Gasteiger partial charge in [-0.1, -0.05) is 0 Å². The molecular weight excluding hydrogens is 285 g/mol. The molecule has 1 N–H and O–H groups in total. The summed E-state index contributed by atoms with van der Waals surface area (Å²) in [4.78, 5) is 0. The van der Waals surface area contributed by atoms with Gasteiger partial charge < -0.3 is 0 Å². The van der Waals surface area contributed by atoms with Crippen molar-refractivity contribution in [1.29, 1.82) is 0 Å². The average molecular weight is 286 g/mol. The number of hydrogen-bond donors (Lipinski definition) is 1. The maximum atomic E-state index is 6.94. The van der Waals surface area contributed by atoms with Crippen molar-refractivity contribution in [3.05, 3.63) is 0 Å². The van der Waals surface area contributed by atoms with Crippen LogP contribution in [0.1, 0.15) is 0 Å². The van der Waals surface area contributed by atoms with Gasteiger partial charge in [0.15, 0.2) is 0 Å². The van der Waals surface area contributed by atoms with Crippen LogP contribution in [0.25, 0.3) is 0 Å². The van der Waals surface area contributed by atoms with Crippen molar-refractivity contribution in [3.8, 4) is 0 Å². The molecule has 0 aromatic heterocycles. The van der Waals surface area contributed by atoms with Crippen molar-refractivity contribution in [1.82, 2.24) is 0 Å². The molecule has 0 aliphatic rings. The summed E-state index contributed by atoms with van der Waals surface area (Å²) >= 11 is 1.31. The molecule has 0 aliphatic heterocycles. The molecule has 0 atom stereocenters. The van der Waals surface area contributed by atoms with Gasteiger partial charge in [-0.25, -0.2) is 0 Å². The van der Waals surface area contributed by atoms with Crippen LogP contribution >= 0.6 is 0 Å². The standard InChI is InChI=1S/Mo.H2O.Sb.V/h;1H2;;/q;;;+1/p-1. The van der Waals surface area contributed by atoms with Gasteiger partial charge in [-0.05, 0) is 0 Å². The van der Waals surface area contributed by atoms with Crippen molar-refractivity contribution in [2.75, 3.05) is 0 Å². The molecule has 0 saturated carbocycles. The van der Waals surface area contributed by atoms with E-state index in [9.17, 15) is 0 Å². The van der Waals surface area contributed by atoms with Gasteiger partial charge in [0.1, 0.15) is 0 Å². The van der Waals surface area contributed by atoms with Gasteiger partial charge in [-0.15, -0.1) is 0 Å². The smallest absolute Gasteiger partial charge is 0 e. The van der Waals surface area contributed by atoms with Crippen LogP contribution in [0, 0.1) is 0 Å². The first-order chi connectivity index (χ1) is 1.00. The van der Waals surface area contributed by atoms with Crippen LogP contribution in [-0.4, -0.2) is 28.5 Å². The van der Waals surface area contributed by atoms with Crippen LogP contribution in [-0.2, 0) is 38.8 Å². The third-order valence-electron chi connectivity index (χ3n) is 0. The molecule has 0 aromatic carbocycles.